The molecule has 2 N–H and O–H groups in total. The first kappa shape index (κ1) is 19.6. The fraction of sp³-hybridized carbons (Fsp3) is 0.350. The molecular weight excluding hydrogens is 414 g/mol. The first-order valence-corrected chi connectivity index (χ1v) is 12.1. The maximum Gasteiger partial charge on any atom is 0.240 e. The van der Waals surface area contributed by atoms with Crippen LogP contribution in [0.1, 0.15) is 31.2 Å². The number of halogens is 1. The van der Waals surface area contributed by atoms with E-state index in [1.807, 2.05) is 30.3 Å². The molecule has 1 fully saturated rings. The molecule has 0 saturated heterocycles. The van der Waals surface area contributed by atoms with E-state index in [9.17, 15) is 8.42 Å². The van der Waals surface area contributed by atoms with Gasteiger partial charge in [-0.2, -0.15) is 0 Å². The molecule has 0 atom stereocenters. The average molecular weight is 436 g/mol. The fourth-order valence-corrected chi connectivity index (χ4v) is 5.93. The second kappa shape index (κ2) is 8.37. The minimum atomic E-state index is -3.43. The van der Waals surface area contributed by atoms with Crippen molar-refractivity contribution in [3.05, 3.63) is 53.1 Å². The molecule has 1 heterocycles. The van der Waals surface area contributed by atoms with Crippen molar-refractivity contribution in [3.63, 3.8) is 0 Å². The number of sulfonamides is 1. The Hall–Kier alpha value is -1.67. The number of aromatic nitrogens is 1. The SMILES string of the molecule is O=S(=O)(NC1CCCC1)c1ccc(CCNc2nc3ccc(Cl)cc3s2)cc1. The van der Waals surface area contributed by atoms with Gasteiger partial charge in [-0.25, -0.2) is 18.1 Å². The Bertz CT molecular complexity index is 1060. The van der Waals surface area contributed by atoms with Crippen LogP contribution in [0.3, 0.4) is 0 Å². The summed E-state index contributed by atoms with van der Waals surface area (Å²) in [5, 5.41) is 4.90. The molecule has 28 heavy (non-hydrogen) atoms. The minimum absolute atomic E-state index is 0.0811. The molecule has 0 unspecified atom stereocenters. The van der Waals surface area contributed by atoms with E-state index < -0.39 is 10.0 Å². The maximum absolute atomic E-state index is 12.5. The summed E-state index contributed by atoms with van der Waals surface area (Å²) in [6, 6.07) is 12.9. The molecule has 148 valence electrons. The monoisotopic (exact) mass is 435 g/mol. The number of hydrogen-bond acceptors (Lipinski definition) is 5. The fourth-order valence-electron chi connectivity index (χ4n) is 3.45. The Labute approximate surface area is 174 Å². The van der Waals surface area contributed by atoms with Gasteiger partial charge in [-0.15, -0.1) is 0 Å². The Morgan fingerprint density at radius 3 is 2.61 bits per heavy atom. The van der Waals surface area contributed by atoms with Gasteiger partial charge in [0.2, 0.25) is 10.0 Å². The van der Waals surface area contributed by atoms with Crippen molar-refractivity contribution in [2.45, 2.75) is 43.0 Å². The van der Waals surface area contributed by atoms with Gasteiger partial charge < -0.3 is 5.32 Å². The molecule has 3 aromatic rings. The summed E-state index contributed by atoms with van der Waals surface area (Å²) < 4.78 is 28.8. The van der Waals surface area contributed by atoms with E-state index in [1.165, 1.54) is 0 Å². The molecule has 1 saturated carbocycles. The lowest BCUT2D eigenvalue weighted by molar-refractivity contribution is 0.552. The summed E-state index contributed by atoms with van der Waals surface area (Å²) in [5.74, 6) is 0. The quantitative estimate of drug-likeness (QED) is 0.557. The van der Waals surface area contributed by atoms with Crippen LogP contribution in [0.5, 0.6) is 0 Å². The van der Waals surface area contributed by atoms with Gasteiger partial charge in [0.15, 0.2) is 5.13 Å². The van der Waals surface area contributed by atoms with Crippen molar-refractivity contribution in [2.75, 3.05) is 11.9 Å². The van der Waals surface area contributed by atoms with Crippen LogP contribution in [0.4, 0.5) is 5.13 Å². The predicted molar refractivity (Wildman–Crippen MR) is 116 cm³/mol. The van der Waals surface area contributed by atoms with Crippen LogP contribution >= 0.6 is 22.9 Å². The molecule has 8 heteroatoms. The topological polar surface area (TPSA) is 71.1 Å². The van der Waals surface area contributed by atoms with E-state index in [0.29, 0.717) is 9.92 Å². The molecular formula is C20H22ClN3O2S2. The van der Waals surface area contributed by atoms with Crippen LogP contribution in [0, 0.1) is 0 Å². The van der Waals surface area contributed by atoms with E-state index in [2.05, 4.69) is 15.0 Å². The van der Waals surface area contributed by atoms with E-state index in [0.717, 1.165) is 59.6 Å². The van der Waals surface area contributed by atoms with Gasteiger partial charge in [-0.3, -0.25) is 0 Å². The summed E-state index contributed by atoms with van der Waals surface area (Å²) in [5.41, 5.74) is 2.01. The predicted octanol–water partition coefficient (Wildman–Crippen LogP) is 4.83. The van der Waals surface area contributed by atoms with E-state index >= 15 is 0 Å². The highest BCUT2D eigenvalue weighted by Crippen LogP contribution is 2.28. The van der Waals surface area contributed by atoms with Crippen LogP contribution in [0.2, 0.25) is 5.02 Å². The minimum Gasteiger partial charge on any atom is -0.361 e. The number of thiazole rings is 1. The Morgan fingerprint density at radius 2 is 1.86 bits per heavy atom. The molecule has 2 aromatic carbocycles. The standard InChI is InChI=1S/C20H22ClN3O2S2/c21-15-7-10-18-19(13-15)27-20(23-18)22-12-11-14-5-8-17(9-6-14)28(25,26)24-16-3-1-2-4-16/h5-10,13,16,24H,1-4,11-12H2,(H,22,23). The summed E-state index contributed by atoms with van der Waals surface area (Å²) in [6.07, 6.45) is 4.84. The molecule has 0 radical (unpaired) electrons. The number of nitrogens with zero attached hydrogens (tertiary/aromatic N) is 1. The van der Waals surface area contributed by atoms with Crippen molar-refractivity contribution >= 4 is 48.3 Å². The maximum atomic E-state index is 12.5. The lowest BCUT2D eigenvalue weighted by Crippen LogP contribution is -2.32. The van der Waals surface area contributed by atoms with Crippen molar-refractivity contribution in [1.29, 1.82) is 0 Å². The second-order valence-corrected chi connectivity index (χ2v) is 10.2. The highest BCUT2D eigenvalue weighted by Gasteiger charge is 2.22. The number of anilines is 1. The largest absolute Gasteiger partial charge is 0.361 e. The number of rotatable bonds is 7. The molecule has 1 aromatic heterocycles. The number of nitrogens with one attached hydrogen (secondary N) is 2. The van der Waals surface area contributed by atoms with Gasteiger partial charge in [-0.1, -0.05) is 47.9 Å². The van der Waals surface area contributed by atoms with Crippen molar-refractivity contribution in [2.24, 2.45) is 0 Å². The molecule has 5 nitrogen and oxygen atoms in total. The normalized spacial score (nSPS) is 15.3. The van der Waals surface area contributed by atoms with E-state index in [-0.39, 0.29) is 6.04 Å². The summed E-state index contributed by atoms with van der Waals surface area (Å²) in [6.45, 7) is 0.722. The van der Waals surface area contributed by atoms with Gasteiger partial charge in [-0.05, 0) is 55.2 Å². The molecule has 0 spiro atoms. The van der Waals surface area contributed by atoms with E-state index in [4.69, 9.17) is 11.6 Å². The van der Waals surface area contributed by atoms with Gasteiger partial charge in [0, 0.05) is 17.6 Å². The number of fused-ring (bicyclic) bond motifs is 1. The third-order valence-electron chi connectivity index (χ3n) is 4.95. The van der Waals surface area contributed by atoms with E-state index in [1.54, 1.807) is 23.5 Å². The first-order chi connectivity index (χ1) is 13.5. The molecule has 1 aliphatic rings. The molecule has 0 aliphatic heterocycles. The summed E-state index contributed by atoms with van der Waals surface area (Å²) in [7, 11) is -3.43. The van der Waals surface area contributed by atoms with Gasteiger partial charge >= 0.3 is 0 Å². The molecule has 1 aliphatic carbocycles. The number of benzene rings is 2. The van der Waals surface area contributed by atoms with Crippen molar-refractivity contribution in [3.8, 4) is 0 Å². The zero-order valence-electron chi connectivity index (χ0n) is 15.3. The third-order valence-corrected chi connectivity index (χ3v) is 7.70. The molecule has 0 bridgehead atoms. The lowest BCUT2D eigenvalue weighted by atomic mass is 10.1. The zero-order valence-corrected chi connectivity index (χ0v) is 17.7. The van der Waals surface area contributed by atoms with Crippen LogP contribution in [-0.4, -0.2) is 26.0 Å². The Morgan fingerprint density at radius 1 is 1.11 bits per heavy atom. The Balaban J connectivity index is 1.33. The average Bonchev–Trinajstić information content (AvgIpc) is 3.30. The third kappa shape index (κ3) is 4.66. The second-order valence-electron chi connectivity index (χ2n) is 7.05. The highest BCUT2D eigenvalue weighted by molar-refractivity contribution is 7.89. The Kier molecular flexibility index (Phi) is 5.87. The van der Waals surface area contributed by atoms with Crippen LogP contribution < -0.4 is 10.0 Å². The van der Waals surface area contributed by atoms with Crippen molar-refractivity contribution < 1.29 is 8.42 Å². The first-order valence-electron chi connectivity index (χ1n) is 9.41. The molecule has 4 rings (SSSR count). The smallest absolute Gasteiger partial charge is 0.240 e. The molecule has 0 amide bonds. The summed E-state index contributed by atoms with van der Waals surface area (Å²) in [4.78, 5) is 4.87. The summed E-state index contributed by atoms with van der Waals surface area (Å²) >= 11 is 7.59. The highest BCUT2D eigenvalue weighted by atomic mass is 35.5. The zero-order chi connectivity index (χ0) is 19.6. The van der Waals surface area contributed by atoms with Crippen molar-refractivity contribution in [1.82, 2.24) is 9.71 Å². The van der Waals surface area contributed by atoms with Crippen LogP contribution in [0.15, 0.2) is 47.4 Å². The van der Waals surface area contributed by atoms with Gasteiger partial charge in [0.25, 0.3) is 0 Å². The lowest BCUT2D eigenvalue weighted by Gasteiger charge is -2.13. The van der Waals surface area contributed by atoms with Gasteiger partial charge in [0.1, 0.15) is 0 Å². The number of hydrogen-bond donors (Lipinski definition) is 2. The van der Waals surface area contributed by atoms with Gasteiger partial charge in [0.05, 0.1) is 15.1 Å². The van der Waals surface area contributed by atoms with Crippen LogP contribution in [0.25, 0.3) is 10.2 Å². The van der Waals surface area contributed by atoms with Crippen LogP contribution in [-0.2, 0) is 16.4 Å².